The van der Waals surface area contributed by atoms with Crippen molar-refractivity contribution >= 4 is 15.9 Å². The summed E-state index contributed by atoms with van der Waals surface area (Å²) in [6.07, 6.45) is -4.97. The van der Waals surface area contributed by atoms with Gasteiger partial charge in [-0.3, -0.25) is 19.3 Å². The lowest BCUT2D eigenvalue weighted by Crippen LogP contribution is -2.43. The lowest BCUT2D eigenvalue weighted by molar-refractivity contribution is -0.0715. The average Bonchev–Trinajstić information content (AvgIpc) is 2.45. The summed E-state index contributed by atoms with van der Waals surface area (Å²) in [5.41, 5.74) is -2.56. The molecule has 1 aromatic rings. The van der Waals surface area contributed by atoms with Gasteiger partial charge in [0, 0.05) is 6.54 Å². The minimum absolute atomic E-state index is 0.388. The van der Waals surface area contributed by atoms with Crippen molar-refractivity contribution in [3.63, 3.8) is 0 Å². The highest BCUT2D eigenvalue weighted by Crippen LogP contribution is 2.10. The van der Waals surface area contributed by atoms with Crippen molar-refractivity contribution < 1.29 is 33.4 Å². The molecule has 0 saturated carbocycles. The van der Waals surface area contributed by atoms with Crippen LogP contribution in [0.5, 0.6) is 0 Å². The Bertz CT molecular complexity index is 741. The lowest BCUT2D eigenvalue weighted by atomic mass is 10.1. The van der Waals surface area contributed by atoms with Gasteiger partial charge in [-0.1, -0.05) is 0 Å². The van der Waals surface area contributed by atoms with E-state index in [1.54, 1.807) is 4.98 Å². The highest BCUT2D eigenvalue weighted by atomic mass is 32.2. The molecule has 0 aliphatic rings. The van der Waals surface area contributed by atoms with Gasteiger partial charge in [0.25, 0.3) is 15.7 Å². The van der Waals surface area contributed by atoms with Crippen molar-refractivity contribution in [2.24, 2.45) is 0 Å². The van der Waals surface area contributed by atoms with Crippen LogP contribution in [0.3, 0.4) is 0 Å². The summed E-state index contributed by atoms with van der Waals surface area (Å²) < 4.78 is 30.6. The molecule has 12 nitrogen and oxygen atoms in total. The average molecular weight is 355 g/mol. The molecule has 3 atom stereocenters. The topological polar surface area (TPSA) is 213 Å². The number of aromatic amines is 2. The van der Waals surface area contributed by atoms with Crippen LogP contribution in [0.25, 0.3) is 0 Å². The minimum Gasteiger partial charge on any atom is -0.394 e. The first-order valence-electron chi connectivity index (χ1n) is 6.24. The fourth-order valence-corrected chi connectivity index (χ4v) is 2.32. The summed E-state index contributed by atoms with van der Waals surface area (Å²) in [5.74, 6) is -1.49. The van der Waals surface area contributed by atoms with Gasteiger partial charge in [-0.25, -0.2) is 4.79 Å². The molecular weight excluding hydrogens is 338 g/mol. The first-order valence-corrected chi connectivity index (χ1v) is 7.85. The van der Waals surface area contributed by atoms with Crippen LogP contribution in [0.2, 0.25) is 0 Å². The fraction of sp³-hybridized carbons (Fsp3) is 0.600. The molecule has 0 fully saturated rings. The van der Waals surface area contributed by atoms with Gasteiger partial charge in [-0.15, -0.1) is 0 Å². The third-order valence-electron chi connectivity index (χ3n) is 2.83. The Hall–Kier alpha value is -1.77. The normalized spacial score (nSPS) is 15.9. The zero-order chi connectivity index (χ0) is 17.8. The molecule has 13 heteroatoms. The van der Waals surface area contributed by atoms with Gasteiger partial charge in [0.1, 0.15) is 23.8 Å². The van der Waals surface area contributed by atoms with Crippen molar-refractivity contribution in [2.75, 3.05) is 18.5 Å². The maximum atomic E-state index is 11.6. The summed E-state index contributed by atoms with van der Waals surface area (Å²) in [7, 11) is -4.57. The van der Waals surface area contributed by atoms with E-state index in [0.717, 1.165) is 0 Å². The molecule has 1 rings (SSSR count). The van der Waals surface area contributed by atoms with Crippen LogP contribution in [0.4, 0.5) is 5.82 Å². The number of aliphatic hydroxyl groups excluding tert-OH is 4. The second kappa shape index (κ2) is 7.67. The van der Waals surface area contributed by atoms with E-state index in [2.05, 4.69) is 10.3 Å². The van der Waals surface area contributed by atoms with Crippen LogP contribution < -0.4 is 16.6 Å². The largest absolute Gasteiger partial charge is 0.394 e. The first-order chi connectivity index (χ1) is 10.5. The van der Waals surface area contributed by atoms with Gasteiger partial charge in [0.15, 0.2) is 0 Å². The monoisotopic (exact) mass is 355 g/mol. The predicted molar refractivity (Wildman–Crippen MR) is 76.5 cm³/mol. The number of hydrogen-bond acceptors (Lipinski definition) is 9. The Kier molecular flexibility index (Phi) is 6.43. The lowest BCUT2D eigenvalue weighted by Gasteiger charge is -2.22. The van der Waals surface area contributed by atoms with Crippen molar-refractivity contribution in [1.29, 1.82) is 0 Å². The molecule has 0 saturated heterocycles. The zero-order valence-electron chi connectivity index (χ0n) is 11.6. The Morgan fingerprint density at radius 3 is 2.22 bits per heavy atom. The smallest absolute Gasteiger partial charge is 0.327 e. The van der Waals surface area contributed by atoms with Gasteiger partial charge >= 0.3 is 5.69 Å². The second-order valence-electron chi connectivity index (χ2n) is 4.68. The summed E-state index contributed by atoms with van der Waals surface area (Å²) in [6, 6.07) is 0. The van der Waals surface area contributed by atoms with Gasteiger partial charge < -0.3 is 25.7 Å². The van der Waals surface area contributed by atoms with Crippen LogP contribution in [-0.4, -0.2) is 74.8 Å². The van der Waals surface area contributed by atoms with Gasteiger partial charge in [0.2, 0.25) is 0 Å². The van der Waals surface area contributed by atoms with E-state index in [4.69, 9.17) is 9.66 Å². The molecule has 0 aliphatic carbocycles. The third kappa shape index (κ3) is 5.74. The maximum Gasteiger partial charge on any atom is 0.327 e. The molecule has 8 N–H and O–H groups in total. The quantitative estimate of drug-likeness (QED) is 0.211. The van der Waals surface area contributed by atoms with E-state index in [9.17, 15) is 33.3 Å². The molecule has 0 aliphatic heterocycles. The molecule has 1 heterocycles. The summed E-state index contributed by atoms with van der Waals surface area (Å²) in [5, 5.41) is 39.2. The van der Waals surface area contributed by atoms with Crippen LogP contribution in [0.1, 0.15) is 5.56 Å². The molecule has 23 heavy (non-hydrogen) atoms. The molecular formula is C10H17N3O9S. The van der Waals surface area contributed by atoms with Crippen LogP contribution >= 0.6 is 0 Å². The molecule has 0 spiro atoms. The predicted octanol–water partition coefficient (Wildman–Crippen LogP) is -4.06. The van der Waals surface area contributed by atoms with Crippen molar-refractivity contribution in [3.8, 4) is 0 Å². The van der Waals surface area contributed by atoms with Crippen molar-refractivity contribution in [2.45, 2.75) is 24.1 Å². The van der Waals surface area contributed by atoms with Crippen molar-refractivity contribution in [1.82, 2.24) is 9.97 Å². The van der Waals surface area contributed by atoms with E-state index < -0.39 is 64.1 Å². The zero-order valence-corrected chi connectivity index (χ0v) is 12.4. The molecule has 0 aromatic carbocycles. The van der Waals surface area contributed by atoms with Gasteiger partial charge in [0.05, 0.1) is 18.3 Å². The summed E-state index contributed by atoms with van der Waals surface area (Å²) >= 11 is 0. The number of rotatable bonds is 8. The van der Waals surface area contributed by atoms with Gasteiger partial charge in [-0.05, 0) is 0 Å². The number of nitrogens with one attached hydrogen (secondary N) is 3. The van der Waals surface area contributed by atoms with Crippen LogP contribution in [0.15, 0.2) is 9.59 Å². The summed E-state index contributed by atoms with van der Waals surface area (Å²) in [4.78, 5) is 26.7. The highest BCUT2D eigenvalue weighted by molar-refractivity contribution is 7.85. The molecule has 0 bridgehead atoms. The third-order valence-corrected chi connectivity index (χ3v) is 3.49. The van der Waals surface area contributed by atoms with E-state index in [1.165, 1.54) is 0 Å². The minimum atomic E-state index is -4.57. The number of hydrogen-bond donors (Lipinski definition) is 8. The molecule has 2 unspecified atom stereocenters. The SMILES string of the molecule is O=c1[nH]c(NCC(O)[C@H](O)C(O)CO)c(CS(=O)(=O)O)c(=O)[nH]1. The number of anilines is 1. The standard InChI is InChI=1S/C10H17N3O9S/c14-2-6(16)7(17)5(15)1-11-8-4(3-23(20,21)22)9(18)13-10(19)12-8/h5-7,14-17H,1-3H2,(H,20,21,22)(H3,11,12,13,18,19)/t5?,6?,7-/m0/s1. The number of aromatic nitrogens is 2. The molecule has 0 radical (unpaired) electrons. The summed E-state index contributed by atoms with van der Waals surface area (Å²) in [6.45, 7) is -1.32. The first kappa shape index (κ1) is 19.3. The molecule has 1 aromatic heterocycles. The van der Waals surface area contributed by atoms with E-state index in [1.807, 2.05) is 0 Å². The van der Waals surface area contributed by atoms with E-state index in [-0.39, 0.29) is 5.82 Å². The van der Waals surface area contributed by atoms with Crippen molar-refractivity contribution in [3.05, 3.63) is 26.4 Å². The molecule has 132 valence electrons. The number of aliphatic hydroxyl groups is 4. The molecule has 0 amide bonds. The fourth-order valence-electron chi connectivity index (χ4n) is 1.68. The Labute approximate surface area is 129 Å². The second-order valence-corrected chi connectivity index (χ2v) is 6.13. The van der Waals surface area contributed by atoms with Gasteiger partial charge in [-0.2, -0.15) is 8.42 Å². The van der Waals surface area contributed by atoms with E-state index >= 15 is 0 Å². The highest BCUT2D eigenvalue weighted by Gasteiger charge is 2.24. The van der Waals surface area contributed by atoms with Crippen LogP contribution in [-0.2, 0) is 15.9 Å². The van der Waals surface area contributed by atoms with E-state index in [0.29, 0.717) is 0 Å². The Balaban J connectivity index is 3.00. The number of H-pyrrole nitrogens is 2. The van der Waals surface area contributed by atoms with Crippen LogP contribution in [0, 0.1) is 0 Å². The Morgan fingerprint density at radius 1 is 1.09 bits per heavy atom. The Morgan fingerprint density at radius 2 is 1.70 bits per heavy atom. The maximum absolute atomic E-state index is 11.6.